The summed E-state index contributed by atoms with van der Waals surface area (Å²) in [5.41, 5.74) is 4.07. The number of rotatable bonds is 8. The van der Waals surface area contributed by atoms with Crippen LogP contribution in [0.1, 0.15) is 49.5 Å². The number of aromatic nitrogens is 2. The smallest absolute Gasteiger partial charge is 0.185 e. The Morgan fingerprint density at radius 1 is 1.25 bits per heavy atom. The van der Waals surface area contributed by atoms with Crippen molar-refractivity contribution in [2.45, 2.75) is 43.9 Å². The van der Waals surface area contributed by atoms with Gasteiger partial charge in [0.1, 0.15) is 5.82 Å². The lowest BCUT2D eigenvalue weighted by Crippen LogP contribution is -2.26. The molecule has 0 atom stereocenters. The van der Waals surface area contributed by atoms with Crippen LogP contribution >= 0.6 is 21.1 Å². The largest absolute Gasteiger partial charge is 0.342 e. The lowest BCUT2D eigenvalue weighted by molar-refractivity contribution is 0.0985. The number of nitrogens with zero attached hydrogens (tertiary/aromatic N) is 3. The molecule has 1 aliphatic carbocycles. The van der Waals surface area contributed by atoms with Crippen molar-refractivity contribution in [1.82, 2.24) is 13.1 Å². The third-order valence-electron chi connectivity index (χ3n) is 5.69. The van der Waals surface area contributed by atoms with Crippen LogP contribution in [0.4, 0.5) is 11.5 Å². The zero-order valence-electron chi connectivity index (χ0n) is 18.4. The number of hydrogen-bond donors (Lipinski definition) is 2. The summed E-state index contributed by atoms with van der Waals surface area (Å²) in [6, 6.07) is 8.17. The van der Waals surface area contributed by atoms with Crippen LogP contribution in [0.3, 0.4) is 0 Å². The van der Waals surface area contributed by atoms with Crippen molar-refractivity contribution in [3.8, 4) is 0 Å². The van der Waals surface area contributed by atoms with Crippen molar-refractivity contribution in [2.24, 2.45) is 0 Å². The third-order valence-corrected chi connectivity index (χ3v) is 8.57. The minimum absolute atomic E-state index is 0.0505. The molecule has 8 heteroatoms. The summed E-state index contributed by atoms with van der Waals surface area (Å²) in [6.45, 7) is 6.82. The molecule has 1 aromatic heterocycles. The summed E-state index contributed by atoms with van der Waals surface area (Å²) in [5.74, 6) is 10.1. The Balaban J connectivity index is 1.52. The minimum Gasteiger partial charge on any atom is -0.342 e. The van der Waals surface area contributed by atoms with E-state index in [0.29, 0.717) is 23.8 Å². The highest BCUT2D eigenvalue weighted by atomic mass is 32.2. The minimum atomic E-state index is -1.69. The highest BCUT2D eigenvalue weighted by molar-refractivity contribution is 8.26. The molecule has 0 amide bonds. The van der Waals surface area contributed by atoms with E-state index in [1.165, 1.54) is 17.7 Å². The van der Waals surface area contributed by atoms with Gasteiger partial charge in [0.25, 0.3) is 0 Å². The van der Waals surface area contributed by atoms with Crippen molar-refractivity contribution in [3.63, 3.8) is 0 Å². The Morgan fingerprint density at radius 2 is 2.09 bits per heavy atom. The van der Waals surface area contributed by atoms with Crippen LogP contribution in [0.25, 0.3) is 0 Å². The zero-order chi connectivity index (χ0) is 22.7. The van der Waals surface area contributed by atoms with Crippen LogP contribution in [-0.2, 0) is 0 Å². The monoisotopic (exact) mass is 467 g/mol. The number of hydrogen-bond acceptors (Lipinski definition) is 7. The number of carbonyl (C=O) groups excluding carboxylic acids is 1. The molecular weight excluding hydrogens is 438 g/mol. The first-order chi connectivity index (χ1) is 15.4. The van der Waals surface area contributed by atoms with Crippen LogP contribution < -0.4 is 10.6 Å². The van der Waals surface area contributed by atoms with Gasteiger partial charge in [0, 0.05) is 29.2 Å². The van der Waals surface area contributed by atoms with E-state index in [9.17, 15) is 4.79 Å². The molecule has 6 nitrogen and oxygen atoms in total. The molecule has 0 saturated heterocycles. The molecule has 32 heavy (non-hydrogen) atoms. The van der Waals surface area contributed by atoms with Gasteiger partial charge in [0.15, 0.2) is 17.3 Å². The molecule has 1 aliphatic heterocycles. The van der Waals surface area contributed by atoms with Crippen LogP contribution in [-0.4, -0.2) is 37.1 Å². The van der Waals surface area contributed by atoms with Crippen molar-refractivity contribution < 1.29 is 4.79 Å². The third kappa shape index (κ3) is 4.52. The number of nitrogens with one attached hydrogen (secondary N) is 2. The molecule has 168 valence electrons. The summed E-state index contributed by atoms with van der Waals surface area (Å²) in [7, 11) is -1.69. The van der Waals surface area contributed by atoms with Crippen LogP contribution in [0, 0.1) is 0 Å². The number of allylic oxidation sites excluding steroid dienone is 3. The highest BCUT2D eigenvalue weighted by Crippen LogP contribution is 2.45. The maximum absolute atomic E-state index is 12.0. The lowest BCUT2D eigenvalue weighted by atomic mass is 9.95. The van der Waals surface area contributed by atoms with Gasteiger partial charge < -0.3 is 14.9 Å². The second-order valence-corrected chi connectivity index (χ2v) is 11.1. The summed E-state index contributed by atoms with van der Waals surface area (Å²) in [4.78, 5) is 13.1. The van der Waals surface area contributed by atoms with E-state index in [0.717, 1.165) is 48.1 Å². The first kappa shape index (κ1) is 22.4. The summed E-state index contributed by atoms with van der Waals surface area (Å²) < 4.78 is 10.7. The van der Waals surface area contributed by atoms with Crippen LogP contribution in [0.2, 0.25) is 0 Å². The number of anilines is 2. The average molecular weight is 468 g/mol. The molecule has 0 spiro atoms. The average Bonchev–Trinajstić information content (AvgIpc) is 3.26. The molecule has 1 aromatic carbocycles. The van der Waals surface area contributed by atoms with Gasteiger partial charge in [0.05, 0.1) is 11.7 Å². The fourth-order valence-electron chi connectivity index (χ4n) is 4.04. The van der Waals surface area contributed by atoms with Crippen LogP contribution in [0.5, 0.6) is 0 Å². The molecular formula is C24H29N5OS2. The first-order valence-corrected chi connectivity index (χ1v) is 13.4. The first-order valence-electron chi connectivity index (χ1n) is 10.7. The van der Waals surface area contributed by atoms with E-state index in [2.05, 4.69) is 66.3 Å². The van der Waals surface area contributed by atoms with Gasteiger partial charge in [-0.05, 0) is 55.5 Å². The SMILES string of the molecule is C=C(Nc1cccc(S(=C)(=C)N2CCCC3=C2C=CCC3)c1)Nc1nsnc1C(=O)CC. The lowest BCUT2D eigenvalue weighted by Gasteiger charge is -2.39. The normalized spacial score (nSPS) is 16.0. The predicted molar refractivity (Wildman–Crippen MR) is 139 cm³/mol. The second-order valence-electron chi connectivity index (χ2n) is 7.97. The molecule has 2 aliphatic rings. The number of carbonyl (C=O) groups is 1. The Kier molecular flexibility index (Phi) is 6.53. The number of ketones is 1. The van der Waals surface area contributed by atoms with Crippen molar-refractivity contribution >= 4 is 50.1 Å². The molecule has 0 radical (unpaired) electrons. The maximum Gasteiger partial charge on any atom is 0.185 e. The number of benzene rings is 1. The van der Waals surface area contributed by atoms with Gasteiger partial charge in [-0.15, -0.1) is 9.39 Å². The van der Waals surface area contributed by atoms with E-state index in [-0.39, 0.29) is 5.78 Å². The molecule has 2 aromatic rings. The highest BCUT2D eigenvalue weighted by Gasteiger charge is 2.23. The van der Waals surface area contributed by atoms with E-state index in [1.807, 2.05) is 12.1 Å². The van der Waals surface area contributed by atoms with Crippen molar-refractivity contribution in [2.75, 3.05) is 17.2 Å². The Labute approximate surface area is 194 Å². The zero-order valence-corrected chi connectivity index (χ0v) is 20.0. The fraction of sp³-hybridized carbons (Fsp3) is 0.292. The summed E-state index contributed by atoms with van der Waals surface area (Å²) >= 11 is 1.01. The Hall–Kier alpha value is -2.84. The summed E-state index contributed by atoms with van der Waals surface area (Å²) in [6.07, 6.45) is 9.46. The number of Topliss-reactive ketones (excluding diaryl/α,β-unsaturated/α-hetero) is 1. The predicted octanol–water partition coefficient (Wildman–Crippen LogP) is 5.77. The van der Waals surface area contributed by atoms with E-state index in [1.54, 1.807) is 6.92 Å². The Morgan fingerprint density at radius 3 is 2.91 bits per heavy atom. The van der Waals surface area contributed by atoms with E-state index in [4.69, 9.17) is 0 Å². The molecule has 0 bridgehead atoms. The molecule has 4 rings (SSSR count). The fourth-order valence-corrected chi connectivity index (χ4v) is 6.54. The molecule has 2 N–H and O–H groups in total. The topological polar surface area (TPSA) is 70.2 Å². The second kappa shape index (κ2) is 9.34. The quantitative estimate of drug-likeness (QED) is 0.379. The van der Waals surface area contributed by atoms with Crippen molar-refractivity contribution in [1.29, 1.82) is 0 Å². The standard InChI is InChI=1S/C24H29N5OS2/c1-5-22(30)23-24(28-31-27-23)26-17(2)25-19-12-8-13-20(16-19)32(3,4)29-15-9-11-18-10-6-7-14-21(18)29/h7-8,12-14,16,25H,2-6,9-11,15H2,1H3,(H,26,28). The van der Waals surface area contributed by atoms with Gasteiger partial charge >= 0.3 is 0 Å². The van der Waals surface area contributed by atoms with Gasteiger partial charge in [-0.3, -0.25) is 4.79 Å². The van der Waals surface area contributed by atoms with Crippen molar-refractivity contribution in [3.05, 3.63) is 65.8 Å². The van der Waals surface area contributed by atoms with Gasteiger partial charge in [-0.1, -0.05) is 37.4 Å². The van der Waals surface area contributed by atoms with Crippen LogP contribution in [0.15, 0.2) is 65.0 Å². The molecule has 0 unspecified atom stereocenters. The van der Waals surface area contributed by atoms with Gasteiger partial charge in [-0.25, -0.2) is 0 Å². The Bertz CT molecular complexity index is 1210. The summed E-state index contributed by atoms with van der Waals surface area (Å²) in [5, 5.41) is 6.34. The van der Waals surface area contributed by atoms with E-state index >= 15 is 0 Å². The van der Waals surface area contributed by atoms with Gasteiger partial charge in [-0.2, -0.15) is 8.75 Å². The molecule has 2 heterocycles. The maximum atomic E-state index is 12.0. The molecule has 0 fully saturated rings. The molecule has 0 saturated carbocycles. The van der Waals surface area contributed by atoms with E-state index < -0.39 is 9.39 Å². The van der Waals surface area contributed by atoms with Gasteiger partial charge in [0.2, 0.25) is 0 Å².